The summed E-state index contributed by atoms with van der Waals surface area (Å²) < 4.78 is 0.574. The van der Waals surface area contributed by atoms with E-state index in [2.05, 4.69) is 21.2 Å². The van der Waals surface area contributed by atoms with E-state index in [4.69, 9.17) is 10.2 Å². The average molecular weight is 304 g/mol. The van der Waals surface area contributed by atoms with Gasteiger partial charge in [0.25, 0.3) is 5.91 Å². The molecular formula is C10H10BrNO5. The van der Waals surface area contributed by atoms with Gasteiger partial charge < -0.3 is 20.6 Å². The Bertz CT molecular complexity index is 436. The fourth-order valence-corrected chi connectivity index (χ4v) is 1.43. The molecule has 4 N–H and O–H groups in total. The molecule has 0 aliphatic rings. The summed E-state index contributed by atoms with van der Waals surface area (Å²) in [5.41, 5.74) is 0.370. The van der Waals surface area contributed by atoms with Crippen molar-refractivity contribution in [1.82, 2.24) is 0 Å². The number of carboxylic acid groups (broad SMARTS) is 1. The van der Waals surface area contributed by atoms with Crippen molar-refractivity contribution in [3.05, 3.63) is 28.7 Å². The van der Waals surface area contributed by atoms with Crippen molar-refractivity contribution >= 4 is 33.5 Å². The van der Waals surface area contributed by atoms with Gasteiger partial charge >= 0.3 is 5.97 Å². The summed E-state index contributed by atoms with van der Waals surface area (Å²) in [5, 5.41) is 29.0. The predicted octanol–water partition coefficient (Wildman–Crippen LogP) is 0.194. The Hall–Kier alpha value is -1.44. The summed E-state index contributed by atoms with van der Waals surface area (Å²) in [7, 11) is 0. The van der Waals surface area contributed by atoms with Crippen LogP contribution in [-0.2, 0) is 9.59 Å². The molecule has 0 radical (unpaired) electrons. The maximum absolute atomic E-state index is 11.4. The van der Waals surface area contributed by atoms with Gasteiger partial charge in [0.1, 0.15) is 0 Å². The Morgan fingerprint density at radius 2 is 1.76 bits per heavy atom. The minimum Gasteiger partial charge on any atom is -0.479 e. The minimum absolute atomic E-state index is 0.370. The van der Waals surface area contributed by atoms with Crippen molar-refractivity contribution in [3.63, 3.8) is 0 Å². The topological polar surface area (TPSA) is 107 Å². The summed E-state index contributed by atoms with van der Waals surface area (Å²) in [6.07, 6.45) is -4.18. The van der Waals surface area contributed by atoms with Crippen LogP contribution in [0.5, 0.6) is 0 Å². The quantitative estimate of drug-likeness (QED) is 0.635. The third kappa shape index (κ3) is 3.52. The lowest BCUT2D eigenvalue weighted by atomic mass is 10.2. The number of carbonyl (C=O) groups excluding carboxylic acids is 1. The summed E-state index contributed by atoms with van der Waals surface area (Å²) in [6, 6.07) is 6.60. The highest BCUT2D eigenvalue weighted by atomic mass is 79.9. The number of hydrogen-bond donors (Lipinski definition) is 4. The average Bonchev–Trinajstić information content (AvgIpc) is 2.30. The number of aliphatic hydroxyl groups is 2. The van der Waals surface area contributed by atoms with Crippen LogP contribution in [0.15, 0.2) is 28.7 Å². The maximum atomic E-state index is 11.4. The second-order valence-electron chi connectivity index (χ2n) is 3.20. The van der Waals surface area contributed by atoms with Crippen molar-refractivity contribution in [3.8, 4) is 0 Å². The molecular weight excluding hydrogens is 294 g/mol. The first-order valence-corrected chi connectivity index (χ1v) is 5.37. The predicted molar refractivity (Wildman–Crippen MR) is 62.4 cm³/mol. The van der Waals surface area contributed by atoms with Crippen molar-refractivity contribution < 1.29 is 24.9 Å². The van der Waals surface area contributed by atoms with Gasteiger partial charge in [-0.3, -0.25) is 4.79 Å². The lowest BCUT2D eigenvalue weighted by Crippen LogP contribution is -2.42. The Balaban J connectivity index is 2.73. The van der Waals surface area contributed by atoms with Crippen molar-refractivity contribution in [2.45, 2.75) is 12.2 Å². The number of benzene rings is 1. The molecule has 6 nitrogen and oxygen atoms in total. The smallest absolute Gasteiger partial charge is 0.335 e. The number of aliphatic hydroxyl groups excluding tert-OH is 2. The molecule has 0 aromatic heterocycles. The number of anilines is 1. The largest absolute Gasteiger partial charge is 0.479 e. The summed E-state index contributed by atoms with van der Waals surface area (Å²) in [4.78, 5) is 21.8. The van der Waals surface area contributed by atoms with Gasteiger partial charge in [-0.2, -0.15) is 0 Å². The Morgan fingerprint density at radius 3 is 2.29 bits per heavy atom. The summed E-state index contributed by atoms with van der Waals surface area (Å²) >= 11 is 3.16. The molecule has 1 aromatic carbocycles. The van der Waals surface area contributed by atoms with E-state index in [0.717, 1.165) is 0 Å². The van der Waals surface area contributed by atoms with E-state index >= 15 is 0 Å². The SMILES string of the molecule is O=C(O)[C@H](O)[C@@H](O)C(=O)Nc1ccccc1Br. The fraction of sp³-hybridized carbons (Fsp3) is 0.200. The van der Waals surface area contributed by atoms with Crippen LogP contribution in [0.2, 0.25) is 0 Å². The van der Waals surface area contributed by atoms with Gasteiger partial charge in [0.2, 0.25) is 0 Å². The van der Waals surface area contributed by atoms with Crippen molar-refractivity contribution in [2.75, 3.05) is 5.32 Å². The minimum atomic E-state index is -2.16. The van der Waals surface area contributed by atoms with E-state index in [9.17, 15) is 14.7 Å². The number of carbonyl (C=O) groups is 2. The van der Waals surface area contributed by atoms with E-state index in [1.54, 1.807) is 24.3 Å². The zero-order valence-electron chi connectivity index (χ0n) is 8.50. The highest BCUT2D eigenvalue weighted by Crippen LogP contribution is 2.21. The number of amides is 1. The van der Waals surface area contributed by atoms with Crippen molar-refractivity contribution in [1.29, 1.82) is 0 Å². The van der Waals surface area contributed by atoms with Gasteiger partial charge in [-0.05, 0) is 28.1 Å². The molecule has 7 heteroatoms. The second-order valence-corrected chi connectivity index (χ2v) is 4.05. The number of carboxylic acids is 1. The van der Waals surface area contributed by atoms with Crippen LogP contribution in [0.4, 0.5) is 5.69 Å². The third-order valence-corrected chi connectivity index (χ3v) is 2.64. The molecule has 2 atom stereocenters. The van der Waals surface area contributed by atoms with Crippen LogP contribution in [0, 0.1) is 0 Å². The van der Waals surface area contributed by atoms with E-state index in [1.165, 1.54) is 0 Å². The Kier molecular flexibility index (Phi) is 4.62. The lowest BCUT2D eigenvalue weighted by Gasteiger charge is -2.14. The van der Waals surface area contributed by atoms with Gasteiger partial charge in [-0.1, -0.05) is 12.1 Å². The molecule has 0 saturated carbocycles. The van der Waals surface area contributed by atoms with E-state index in [0.29, 0.717) is 10.2 Å². The van der Waals surface area contributed by atoms with Gasteiger partial charge in [0.15, 0.2) is 12.2 Å². The van der Waals surface area contributed by atoms with E-state index in [-0.39, 0.29) is 0 Å². The normalized spacial score (nSPS) is 13.8. The standard InChI is InChI=1S/C10H10BrNO5/c11-5-3-1-2-4-6(5)12-9(15)7(13)8(14)10(16)17/h1-4,7-8,13-14H,(H,12,15)(H,16,17)/t7-,8-/m1/s1. The van der Waals surface area contributed by atoms with E-state index in [1.807, 2.05) is 0 Å². The second kappa shape index (κ2) is 5.76. The molecule has 0 saturated heterocycles. The molecule has 0 spiro atoms. The first-order valence-electron chi connectivity index (χ1n) is 4.58. The summed E-state index contributed by atoms with van der Waals surface area (Å²) in [5.74, 6) is -2.66. The Labute approximate surface area is 105 Å². The van der Waals surface area contributed by atoms with Crippen LogP contribution < -0.4 is 5.32 Å². The van der Waals surface area contributed by atoms with Gasteiger partial charge in [0.05, 0.1) is 5.69 Å². The number of nitrogens with one attached hydrogen (secondary N) is 1. The first-order chi connectivity index (χ1) is 7.93. The van der Waals surface area contributed by atoms with Crippen LogP contribution in [-0.4, -0.2) is 39.4 Å². The highest BCUT2D eigenvalue weighted by molar-refractivity contribution is 9.10. The molecule has 1 rings (SSSR count). The van der Waals surface area contributed by atoms with Crippen molar-refractivity contribution in [2.24, 2.45) is 0 Å². The number of para-hydroxylation sites is 1. The first kappa shape index (κ1) is 13.6. The molecule has 17 heavy (non-hydrogen) atoms. The van der Waals surface area contributed by atoms with Gasteiger partial charge in [0, 0.05) is 4.47 Å². The number of halogens is 1. The molecule has 92 valence electrons. The van der Waals surface area contributed by atoms with Gasteiger partial charge in [-0.25, -0.2) is 4.79 Å². The maximum Gasteiger partial charge on any atom is 0.335 e. The molecule has 0 unspecified atom stereocenters. The lowest BCUT2D eigenvalue weighted by molar-refractivity contribution is -0.156. The van der Waals surface area contributed by atoms with Crippen LogP contribution >= 0.6 is 15.9 Å². The third-order valence-electron chi connectivity index (χ3n) is 1.95. The fourth-order valence-electron chi connectivity index (χ4n) is 1.05. The molecule has 0 fully saturated rings. The summed E-state index contributed by atoms with van der Waals surface area (Å²) in [6.45, 7) is 0. The number of aliphatic carboxylic acids is 1. The number of hydrogen-bond acceptors (Lipinski definition) is 4. The molecule has 0 aliphatic carbocycles. The molecule has 0 bridgehead atoms. The number of rotatable bonds is 4. The molecule has 1 aromatic rings. The molecule has 1 amide bonds. The van der Waals surface area contributed by atoms with Crippen LogP contribution in [0.3, 0.4) is 0 Å². The molecule has 0 heterocycles. The van der Waals surface area contributed by atoms with Crippen LogP contribution in [0.1, 0.15) is 0 Å². The Morgan fingerprint density at radius 1 is 1.18 bits per heavy atom. The monoisotopic (exact) mass is 303 g/mol. The zero-order valence-corrected chi connectivity index (χ0v) is 10.1. The highest BCUT2D eigenvalue weighted by Gasteiger charge is 2.30. The van der Waals surface area contributed by atoms with Crippen LogP contribution in [0.25, 0.3) is 0 Å². The van der Waals surface area contributed by atoms with E-state index < -0.39 is 24.1 Å². The molecule has 0 aliphatic heterocycles. The van der Waals surface area contributed by atoms with Gasteiger partial charge in [-0.15, -0.1) is 0 Å². The zero-order chi connectivity index (χ0) is 13.0.